The molecule has 5 N–H and O–H groups in total. The van der Waals surface area contributed by atoms with Gasteiger partial charge in [-0.2, -0.15) is 0 Å². The Hall–Kier alpha value is -2.90. The number of hydrogen-bond donors (Lipinski definition) is 4. The maximum atomic E-state index is 13.4. The van der Waals surface area contributed by atoms with E-state index in [0.29, 0.717) is 43.5 Å². The number of nitrogens with two attached hydrogens (primary N) is 1. The third kappa shape index (κ3) is 6.55. The summed E-state index contributed by atoms with van der Waals surface area (Å²) in [4.78, 5) is 39.1. The molecule has 2 rings (SSSR count). The average Bonchev–Trinajstić information content (AvgIpc) is 2.76. The van der Waals surface area contributed by atoms with E-state index in [4.69, 9.17) is 16.2 Å². The minimum absolute atomic E-state index is 0.0143. The molecule has 0 unspecified atom stereocenters. The quantitative estimate of drug-likeness (QED) is 0.325. The van der Waals surface area contributed by atoms with Gasteiger partial charge in [0.15, 0.2) is 0 Å². The number of amides is 2. The Morgan fingerprint density at radius 1 is 1.19 bits per heavy atom. The number of benzene rings is 1. The van der Waals surface area contributed by atoms with Crippen LogP contribution in [-0.2, 0) is 9.59 Å². The maximum absolute atomic E-state index is 13.4. The summed E-state index contributed by atoms with van der Waals surface area (Å²) < 4.78 is 0. The molecule has 0 bridgehead atoms. The van der Waals surface area contributed by atoms with E-state index in [9.17, 15) is 14.4 Å². The first-order valence-corrected chi connectivity index (χ1v) is 11.3. The van der Waals surface area contributed by atoms with Crippen molar-refractivity contribution in [1.29, 1.82) is 5.41 Å². The molecule has 2 amide bonds. The van der Waals surface area contributed by atoms with E-state index in [2.05, 4.69) is 12.2 Å². The Bertz CT molecular complexity index is 827. The number of nitrogens with zero attached hydrogens (tertiary/aromatic N) is 1. The first-order valence-electron chi connectivity index (χ1n) is 11.3. The summed E-state index contributed by atoms with van der Waals surface area (Å²) in [6, 6.07) is 6.19. The van der Waals surface area contributed by atoms with Crippen molar-refractivity contribution < 1.29 is 19.5 Å². The van der Waals surface area contributed by atoms with Crippen LogP contribution < -0.4 is 11.1 Å². The predicted molar refractivity (Wildman–Crippen MR) is 124 cm³/mol. The molecule has 1 aliphatic heterocycles. The standard InChI is InChI=1S/C24H36N4O4/c1-4-5-6-19(27-22(31)18-9-7-17(8-10-18)21(25)26)24(2,3)23(32)28-13-11-16(12-14-28)15-20(29)30/h7-10,16,19H,4-6,11-15H2,1-3H3,(H3,25,26)(H,27,31)(H,29,30)/t19-/m1/s1. The van der Waals surface area contributed by atoms with Crippen LogP contribution in [0.2, 0.25) is 0 Å². The molecule has 0 aliphatic carbocycles. The summed E-state index contributed by atoms with van der Waals surface area (Å²) >= 11 is 0. The number of likely N-dealkylation sites (tertiary alicyclic amines) is 1. The number of aliphatic carboxylic acids is 1. The first-order chi connectivity index (χ1) is 15.1. The number of amidine groups is 1. The van der Waals surface area contributed by atoms with Crippen molar-refractivity contribution >= 4 is 23.6 Å². The van der Waals surface area contributed by atoms with Gasteiger partial charge in [-0.3, -0.25) is 19.8 Å². The highest BCUT2D eigenvalue weighted by Crippen LogP contribution is 2.30. The summed E-state index contributed by atoms with van der Waals surface area (Å²) in [5, 5.41) is 19.6. The topological polar surface area (TPSA) is 137 Å². The summed E-state index contributed by atoms with van der Waals surface area (Å²) in [6.45, 7) is 6.90. The zero-order chi connectivity index (χ0) is 23.9. The minimum atomic E-state index is -0.802. The molecule has 1 atom stereocenters. The average molecular weight is 445 g/mol. The first kappa shape index (κ1) is 25.4. The van der Waals surface area contributed by atoms with Crippen LogP contribution in [0.25, 0.3) is 0 Å². The monoisotopic (exact) mass is 444 g/mol. The molecule has 8 nitrogen and oxygen atoms in total. The number of carbonyl (C=O) groups excluding carboxylic acids is 2. The fourth-order valence-corrected chi connectivity index (χ4v) is 4.21. The van der Waals surface area contributed by atoms with Gasteiger partial charge < -0.3 is 21.1 Å². The number of nitrogens with one attached hydrogen (secondary N) is 2. The summed E-state index contributed by atoms with van der Waals surface area (Å²) in [7, 11) is 0. The number of piperidine rings is 1. The zero-order valence-corrected chi connectivity index (χ0v) is 19.3. The van der Waals surface area contributed by atoms with Crippen LogP contribution in [0.1, 0.15) is 75.2 Å². The number of hydrogen-bond acceptors (Lipinski definition) is 4. The molecule has 32 heavy (non-hydrogen) atoms. The predicted octanol–water partition coefficient (Wildman–Crippen LogP) is 3.00. The van der Waals surface area contributed by atoms with Crippen molar-refractivity contribution in [3.8, 4) is 0 Å². The number of unbranched alkanes of at least 4 members (excludes halogenated alkanes) is 1. The van der Waals surface area contributed by atoms with Crippen LogP contribution >= 0.6 is 0 Å². The van der Waals surface area contributed by atoms with E-state index >= 15 is 0 Å². The zero-order valence-electron chi connectivity index (χ0n) is 19.3. The van der Waals surface area contributed by atoms with E-state index in [0.717, 1.165) is 12.8 Å². The van der Waals surface area contributed by atoms with E-state index < -0.39 is 11.4 Å². The third-order valence-corrected chi connectivity index (χ3v) is 6.40. The minimum Gasteiger partial charge on any atom is -0.481 e. The lowest BCUT2D eigenvalue weighted by atomic mass is 9.79. The van der Waals surface area contributed by atoms with Gasteiger partial charge in [-0.25, -0.2) is 0 Å². The normalized spacial score (nSPS) is 15.8. The molecule has 0 aromatic heterocycles. The number of carboxylic acids is 1. The van der Waals surface area contributed by atoms with E-state index in [1.54, 1.807) is 24.3 Å². The van der Waals surface area contributed by atoms with Gasteiger partial charge in [0.05, 0.1) is 5.41 Å². The molecule has 1 heterocycles. The fourth-order valence-electron chi connectivity index (χ4n) is 4.21. The van der Waals surface area contributed by atoms with Gasteiger partial charge >= 0.3 is 5.97 Å². The highest BCUT2D eigenvalue weighted by molar-refractivity contribution is 5.98. The smallest absolute Gasteiger partial charge is 0.303 e. The Morgan fingerprint density at radius 2 is 1.75 bits per heavy atom. The summed E-state index contributed by atoms with van der Waals surface area (Å²) in [6.07, 6.45) is 4.02. The Morgan fingerprint density at radius 3 is 2.25 bits per heavy atom. The van der Waals surface area contributed by atoms with Gasteiger partial charge in [0.1, 0.15) is 5.84 Å². The molecule has 1 saturated heterocycles. The second-order valence-corrected chi connectivity index (χ2v) is 9.21. The van der Waals surface area contributed by atoms with Crippen molar-refractivity contribution in [2.45, 2.75) is 65.3 Å². The fraction of sp³-hybridized carbons (Fsp3) is 0.583. The Kier molecular flexibility index (Phi) is 8.80. The van der Waals surface area contributed by atoms with Crippen LogP contribution in [-0.4, -0.2) is 52.8 Å². The largest absolute Gasteiger partial charge is 0.481 e. The molecule has 8 heteroatoms. The molecule has 1 aromatic carbocycles. The third-order valence-electron chi connectivity index (χ3n) is 6.40. The molecule has 176 valence electrons. The Balaban J connectivity index is 2.10. The van der Waals surface area contributed by atoms with Crippen LogP contribution in [0.4, 0.5) is 0 Å². The van der Waals surface area contributed by atoms with Gasteiger partial charge in [-0.15, -0.1) is 0 Å². The van der Waals surface area contributed by atoms with Crippen molar-refractivity contribution in [2.24, 2.45) is 17.1 Å². The van der Waals surface area contributed by atoms with E-state index in [-0.39, 0.29) is 36.0 Å². The lowest BCUT2D eigenvalue weighted by molar-refractivity contribution is -0.144. The number of carboxylic acid groups (broad SMARTS) is 1. The molecular formula is C24H36N4O4. The molecule has 0 radical (unpaired) electrons. The summed E-state index contributed by atoms with van der Waals surface area (Å²) in [5.41, 5.74) is 5.68. The second-order valence-electron chi connectivity index (χ2n) is 9.21. The van der Waals surface area contributed by atoms with Crippen molar-refractivity contribution in [1.82, 2.24) is 10.2 Å². The van der Waals surface area contributed by atoms with Crippen LogP contribution in [0.5, 0.6) is 0 Å². The van der Waals surface area contributed by atoms with Crippen LogP contribution in [0.3, 0.4) is 0 Å². The van der Waals surface area contributed by atoms with Gasteiger partial charge in [0.25, 0.3) is 5.91 Å². The lowest BCUT2D eigenvalue weighted by Gasteiger charge is -2.40. The van der Waals surface area contributed by atoms with Gasteiger partial charge in [0, 0.05) is 36.7 Å². The summed E-state index contributed by atoms with van der Waals surface area (Å²) in [5.74, 6) is -1.03. The molecule has 1 aromatic rings. The van der Waals surface area contributed by atoms with Gasteiger partial charge in [0.2, 0.25) is 5.91 Å². The number of rotatable bonds is 10. The Labute approximate surface area is 190 Å². The van der Waals surface area contributed by atoms with Gasteiger partial charge in [-0.1, -0.05) is 31.9 Å². The molecule has 0 spiro atoms. The van der Waals surface area contributed by atoms with E-state index in [1.165, 1.54) is 0 Å². The second kappa shape index (κ2) is 11.1. The van der Waals surface area contributed by atoms with Crippen LogP contribution in [0.15, 0.2) is 24.3 Å². The molecule has 0 saturated carbocycles. The van der Waals surface area contributed by atoms with Crippen molar-refractivity contribution in [2.75, 3.05) is 13.1 Å². The van der Waals surface area contributed by atoms with Crippen molar-refractivity contribution in [3.63, 3.8) is 0 Å². The number of carbonyl (C=O) groups is 3. The van der Waals surface area contributed by atoms with Crippen molar-refractivity contribution in [3.05, 3.63) is 35.4 Å². The molecular weight excluding hydrogens is 408 g/mol. The molecule has 1 fully saturated rings. The van der Waals surface area contributed by atoms with Gasteiger partial charge in [-0.05, 0) is 51.2 Å². The van der Waals surface area contributed by atoms with E-state index in [1.807, 2.05) is 18.7 Å². The number of nitrogen functional groups attached to an aromatic ring is 1. The maximum Gasteiger partial charge on any atom is 0.303 e. The highest BCUT2D eigenvalue weighted by atomic mass is 16.4. The lowest BCUT2D eigenvalue weighted by Crippen LogP contribution is -2.55. The SMILES string of the molecule is CCCC[C@@H](NC(=O)c1ccc(C(=N)N)cc1)C(C)(C)C(=O)N1CCC(CC(=O)O)CC1. The highest BCUT2D eigenvalue weighted by Gasteiger charge is 2.41. The molecule has 1 aliphatic rings. The van der Waals surface area contributed by atoms with Crippen LogP contribution in [0, 0.1) is 16.7 Å².